The third-order valence-corrected chi connectivity index (χ3v) is 7.49. The minimum Gasteiger partial charge on any atom is -0.478 e. The van der Waals surface area contributed by atoms with E-state index >= 15 is 0 Å². The van der Waals surface area contributed by atoms with E-state index in [4.69, 9.17) is 0 Å². The summed E-state index contributed by atoms with van der Waals surface area (Å²) in [6.07, 6.45) is 3.88. The molecule has 0 radical (unpaired) electrons. The van der Waals surface area contributed by atoms with Crippen LogP contribution in [-0.4, -0.2) is 11.1 Å². The molecule has 3 aromatic carbocycles. The largest absolute Gasteiger partial charge is 0.478 e. The van der Waals surface area contributed by atoms with Crippen LogP contribution in [0.5, 0.6) is 0 Å². The van der Waals surface area contributed by atoms with Crippen molar-refractivity contribution in [3.05, 3.63) is 77.4 Å². The van der Waals surface area contributed by atoms with Gasteiger partial charge in [0.15, 0.2) is 0 Å². The number of rotatable bonds is 2. The van der Waals surface area contributed by atoms with E-state index < -0.39 is 5.97 Å². The number of hydrogen-bond donors (Lipinski definition) is 2. The Morgan fingerprint density at radius 3 is 2.64 bits per heavy atom. The fourth-order valence-corrected chi connectivity index (χ4v) is 6.45. The summed E-state index contributed by atoms with van der Waals surface area (Å²) in [4.78, 5) is 11.6. The van der Waals surface area contributed by atoms with E-state index in [-0.39, 0.29) is 6.04 Å². The molecular formula is C25H23NO2. The molecule has 0 unspecified atom stereocenters. The van der Waals surface area contributed by atoms with E-state index in [9.17, 15) is 9.90 Å². The Morgan fingerprint density at radius 1 is 0.929 bits per heavy atom. The normalized spacial score (nSPS) is 29.9. The van der Waals surface area contributed by atoms with Crippen LogP contribution >= 0.6 is 0 Å². The average molecular weight is 369 g/mol. The zero-order valence-corrected chi connectivity index (χ0v) is 15.6. The maximum atomic E-state index is 11.6. The molecule has 6 rings (SSSR count). The molecule has 28 heavy (non-hydrogen) atoms. The first-order valence-corrected chi connectivity index (χ1v) is 10.3. The van der Waals surface area contributed by atoms with Gasteiger partial charge in [-0.1, -0.05) is 42.5 Å². The molecule has 1 aliphatic heterocycles. The summed E-state index contributed by atoms with van der Waals surface area (Å²) >= 11 is 0. The van der Waals surface area contributed by atoms with Crippen molar-refractivity contribution in [1.82, 2.24) is 0 Å². The molecule has 3 nitrogen and oxygen atoms in total. The highest BCUT2D eigenvalue weighted by atomic mass is 16.4. The van der Waals surface area contributed by atoms with Crippen molar-refractivity contribution < 1.29 is 9.90 Å². The first-order valence-electron chi connectivity index (χ1n) is 10.3. The minimum atomic E-state index is -0.835. The fraction of sp³-hybridized carbons (Fsp3) is 0.320. The van der Waals surface area contributed by atoms with E-state index in [2.05, 4.69) is 47.8 Å². The second-order valence-corrected chi connectivity index (χ2v) is 8.73. The summed E-state index contributed by atoms with van der Waals surface area (Å²) < 4.78 is 0. The van der Waals surface area contributed by atoms with E-state index in [1.54, 1.807) is 6.07 Å². The van der Waals surface area contributed by atoms with Gasteiger partial charge in [0.2, 0.25) is 0 Å². The molecule has 5 atom stereocenters. The molecule has 0 aromatic heterocycles. The highest BCUT2D eigenvalue weighted by Gasteiger charge is 2.54. The number of carboxylic acid groups (broad SMARTS) is 1. The van der Waals surface area contributed by atoms with E-state index in [1.807, 2.05) is 12.1 Å². The van der Waals surface area contributed by atoms with Crippen molar-refractivity contribution in [1.29, 1.82) is 0 Å². The number of aromatic carboxylic acids is 1. The predicted octanol–water partition coefficient (Wildman–Crippen LogP) is 5.83. The molecule has 3 aromatic rings. The molecular weight excluding hydrogens is 346 g/mol. The van der Waals surface area contributed by atoms with Crippen molar-refractivity contribution in [2.24, 2.45) is 17.8 Å². The summed E-state index contributed by atoms with van der Waals surface area (Å²) in [6.45, 7) is 0. The number of hydrogen-bond acceptors (Lipinski definition) is 2. The maximum Gasteiger partial charge on any atom is 0.335 e. The average Bonchev–Trinajstić information content (AvgIpc) is 3.35. The molecule has 140 valence electrons. The van der Waals surface area contributed by atoms with Crippen molar-refractivity contribution in [3.8, 4) is 0 Å². The van der Waals surface area contributed by atoms with Crippen LogP contribution in [0.15, 0.2) is 60.7 Å². The smallest absolute Gasteiger partial charge is 0.335 e. The van der Waals surface area contributed by atoms with Gasteiger partial charge in [0.05, 0.1) is 11.6 Å². The van der Waals surface area contributed by atoms with E-state index in [0.717, 1.165) is 11.6 Å². The van der Waals surface area contributed by atoms with Gasteiger partial charge in [-0.05, 0) is 83.0 Å². The van der Waals surface area contributed by atoms with Gasteiger partial charge in [-0.2, -0.15) is 0 Å². The lowest BCUT2D eigenvalue weighted by Crippen LogP contribution is -2.35. The fourth-order valence-electron chi connectivity index (χ4n) is 6.45. The topological polar surface area (TPSA) is 49.3 Å². The van der Waals surface area contributed by atoms with Crippen LogP contribution in [0.3, 0.4) is 0 Å². The Bertz CT molecular complexity index is 1100. The van der Waals surface area contributed by atoms with Crippen LogP contribution < -0.4 is 5.32 Å². The third kappa shape index (κ3) is 2.19. The molecule has 2 saturated carbocycles. The lowest BCUT2D eigenvalue weighted by atomic mass is 9.67. The molecule has 2 aliphatic carbocycles. The Kier molecular flexibility index (Phi) is 3.37. The van der Waals surface area contributed by atoms with Gasteiger partial charge in [-0.3, -0.25) is 0 Å². The molecule has 1 heterocycles. The number of carbonyl (C=O) groups is 1. The summed E-state index contributed by atoms with van der Waals surface area (Å²) in [6, 6.07) is 21.2. The van der Waals surface area contributed by atoms with Crippen LogP contribution in [0.2, 0.25) is 0 Å². The van der Waals surface area contributed by atoms with Gasteiger partial charge in [-0.25, -0.2) is 4.79 Å². The van der Waals surface area contributed by atoms with Crippen LogP contribution in [0.4, 0.5) is 5.69 Å². The molecule has 2 bridgehead atoms. The van der Waals surface area contributed by atoms with Gasteiger partial charge >= 0.3 is 5.97 Å². The lowest BCUT2D eigenvalue weighted by Gasteiger charge is -2.44. The zero-order valence-electron chi connectivity index (χ0n) is 15.6. The van der Waals surface area contributed by atoms with Crippen molar-refractivity contribution in [2.45, 2.75) is 31.2 Å². The van der Waals surface area contributed by atoms with Gasteiger partial charge in [-0.15, -0.1) is 0 Å². The van der Waals surface area contributed by atoms with Crippen molar-refractivity contribution >= 4 is 22.4 Å². The number of fused-ring (bicyclic) bond motifs is 8. The first kappa shape index (κ1) is 16.2. The SMILES string of the molecule is O=C(O)c1ccc2c(c1)[C@@H]1[C@H]3CC[C@@H](C3)[C@@H]1[C@@H](c1cccc3ccccc13)N2. The van der Waals surface area contributed by atoms with Crippen molar-refractivity contribution in [2.75, 3.05) is 5.32 Å². The van der Waals surface area contributed by atoms with E-state index in [0.29, 0.717) is 23.3 Å². The molecule has 0 amide bonds. The van der Waals surface area contributed by atoms with Gasteiger partial charge in [0.25, 0.3) is 0 Å². The second-order valence-electron chi connectivity index (χ2n) is 8.73. The van der Waals surface area contributed by atoms with E-state index in [1.165, 1.54) is 41.2 Å². The number of carboxylic acids is 1. The van der Waals surface area contributed by atoms with Gasteiger partial charge in [0.1, 0.15) is 0 Å². The summed E-state index contributed by atoms with van der Waals surface area (Å²) in [7, 11) is 0. The maximum absolute atomic E-state index is 11.6. The Hall–Kier alpha value is -2.81. The summed E-state index contributed by atoms with van der Waals surface area (Å²) in [5, 5.41) is 15.9. The van der Waals surface area contributed by atoms with Crippen LogP contribution in [-0.2, 0) is 0 Å². The Morgan fingerprint density at radius 2 is 1.75 bits per heavy atom. The summed E-state index contributed by atoms with van der Waals surface area (Å²) in [5.74, 6) is 1.60. The number of benzene rings is 3. The zero-order chi connectivity index (χ0) is 18.8. The highest BCUT2D eigenvalue weighted by molar-refractivity contribution is 5.89. The van der Waals surface area contributed by atoms with Crippen LogP contribution in [0, 0.1) is 17.8 Å². The Balaban J connectivity index is 1.54. The van der Waals surface area contributed by atoms with Crippen LogP contribution in [0.25, 0.3) is 10.8 Å². The van der Waals surface area contributed by atoms with Crippen LogP contribution in [0.1, 0.15) is 52.7 Å². The Labute approximate surface area is 164 Å². The molecule has 2 fully saturated rings. The number of nitrogens with one attached hydrogen (secondary N) is 1. The minimum absolute atomic E-state index is 0.287. The monoisotopic (exact) mass is 369 g/mol. The molecule has 0 saturated heterocycles. The third-order valence-electron chi connectivity index (χ3n) is 7.49. The molecule has 0 spiro atoms. The molecule has 3 aliphatic rings. The van der Waals surface area contributed by atoms with Gasteiger partial charge < -0.3 is 10.4 Å². The van der Waals surface area contributed by atoms with Gasteiger partial charge in [0, 0.05) is 5.69 Å². The molecule has 2 N–H and O–H groups in total. The lowest BCUT2D eigenvalue weighted by molar-refractivity contribution is 0.0696. The number of anilines is 1. The van der Waals surface area contributed by atoms with Crippen molar-refractivity contribution in [3.63, 3.8) is 0 Å². The predicted molar refractivity (Wildman–Crippen MR) is 111 cm³/mol. The first-order chi connectivity index (χ1) is 13.7. The second kappa shape index (κ2) is 5.84. The standard InChI is InChI=1S/C25H23NO2/c27-25(28)17-10-11-21-20(13-17)22-15-8-9-16(12-15)23(22)24(26-21)19-7-3-5-14-4-1-2-6-18(14)19/h1-7,10-11,13,15-16,22-24,26H,8-9,12H2,(H,27,28)/t15-,16-,22-,23-,24+/m0/s1. The molecule has 3 heteroatoms. The summed E-state index contributed by atoms with van der Waals surface area (Å²) in [5.41, 5.74) is 4.14. The highest BCUT2D eigenvalue weighted by Crippen LogP contribution is 2.64. The quantitative estimate of drug-likeness (QED) is 0.597.